The van der Waals surface area contributed by atoms with Gasteiger partial charge in [-0.05, 0) is 59.5 Å². The van der Waals surface area contributed by atoms with E-state index in [-0.39, 0.29) is 86.4 Å². The number of halogens is 10. The zero-order valence-corrected chi connectivity index (χ0v) is 51.6. The first-order chi connectivity index (χ1) is 39.8. The van der Waals surface area contributed by atoms with Crippen molar-refractivity contribution in [3.63, 3.8) is 0 Å². The van der Waals surface area contributed by atoms with Gasteiger partial charge in [-0.15, -0.1) is 73.1 Å². The maximum atomic E-state index is 13.4. The molecule has 5 aromatic carbocycles. The van der Waals surface area contributed by atoms with Gasteiger partial charge in [0.15, 0.2) is 12.4 Å². The quantitative estimate of drug-likeness (QED) is 0.0600. The summed E-state index contributed by atoms with van der Waals surface area (Å²) in [6.07, 6.45) is 12.3. The first-order valence-corrected chi connectivity index (χ1v) is 24.7. The maximum Gasteiger partial charge on any atom is 0.161 e. The van der Waals surface area contributed by atoms with Crippen LogP contribution in [0.4, 0.5) is 43.9 Å². The Morgan fingerprint density at radius 3 is 1.20 bits per heavy atom. The number of carbonyl (C=O) groups excluding carboxylic acids is 2. The summed E-state index contributed by atoms with van der Waals surface area (Å²) in [7, 11) is 3.01. The molecule has 0 amide bonds. The Hall–Kier alpha value is -8.43. The van der Waals surface area contributed by atoms with E-state index in [1.807, 2.05) is 41.5 Å². The summed E-state index contributed by atoms with van der Waals surface area (Å²) in [6, 6.07) is 33.1. The molecule has 0 saturated carbocycles. The van der Waals surface area contributed by atoms with Crippen LogP contribution < -0.4 is 29.0 Å². The maximum absolute atomic E-state index is 13.4. The number of Topliss-reactive ketones (excluding diaryl/α,β-unsaturated/α-hetero) is 2. The predicted molar refractivity (Wildman–Crippen MR) is 286 cm³/mol. The minimum absolute atomic E-state index is 0. The van der Waals surface area contributed by atoms with E-state index in [0.29, 0.717) is 22.9 Å². The summed E-state index contributed by atoms with van der Waals surface area (Å²) in [5.41, 5.74) is 0.514. The number of benzene rings is 5. The average Bonchev–Trinajstić information content (AvgIpc) is 4.41. The summed E-state index contributed by atoms with van der Waals surface area (Å²) in [6.45, 7) is 11.0. The van der Waals surface area contributed by atoms with Crippen molar-refractivity contribution < 1.29 is 113 Å². The molecule has 0 aliphatic rings. The first kappa shape index (κ1) is 71.8. The Morgan fingerprint density at radius 2 is 0.884 bits per heavy atom. The van der Waals surface area contributed by atoms with E-state index >= 15 is 0 Å². The molecule has 10 aromatic rings. The molecule has 0 saturated heterocycles. The smallest absolute Gasteiger partial charge is 0.161 e. The molecular weight excluding hydrogens is 1500 g/mol. The van der Waals surface area contributed by atoms with Crippen molar-refractivity contribution in [1.29, 1.82) is 0 Å². The molecule has 456 valence electrons. The van der Waals surface area contributed by atoms with Gasteiger partial charge in [0.05, 0.1) is 32.3 Å². The number of carbonyl (C=O) groups is 2. The average molecular weight is 1550 g/mol. The largest absolute Gasteiger partial charge is 0.497 e. The molecule has 24 heteroatoms. The number of pyridine rings is 2. The van der Waals surface area contributed by atoms with Gasteiger partial charge in [0.1, 0.15) is 34.4 Å². The molecule has 0 fully saturated rings. The molecule has 0 atom stereocenters. The second kappa shape index (κ2) is 33.9. The second-order valence-corrected chi connectivity index (χ2v) is 19.2. The fraction of sp³-hybridized carbons (Fsp3) is 0.177. The first-order valence-electron chi connectivity index (χ1n) is 24.7. The van der Waals surface area contributed by atoms with Crippen LogP contribution in [0.5, 0.6) is 11.5 Å². The SMILES string of the molecule is CC(C)(C)C(=O)CC(=O)C(C)(C)C.COc1ccnc(-c2[c-]cc(F)cc2F)c1.COc1ccnc(-c2[c-]cc(F)cc2F)c1.Fc1c[c-]c(-[n+]2ccc[n-]2)c(F)c1.Fc1c[c-]c(-[n+]2ccc[n-]2)c(F)c1.Fc1c[c-]c(-n2cccn2)c(F)c1.[Ir].[Ir]. The minimum Gasteiger partial charge on any atom is -0.497 e. The number of rotatable bonds is 9. The summed E-state index contributed by atoms with van der Waals surface area (Å²) < 4.78 is 143. The van der Waals surface area contributed by atoms with Crippen LogP contribution in [-0.2, 0) is 49.8 Å². The molecule has 5 heterocycles. The molecule has 0 aliphatic carbocycles. The van der Waals surface area contributed by atoms with Gasteiger partial charge in [0, 0.05) is 122 Å². The Bertz CT molecular complexity index is 3420. The van der Waals surface area contributed by atoms with Gasteiger partial charge in [0.25, 0.3) is 0 Å². The zero-order chi connectivity index (χ0) is 61.7. The zero-order valence-electron chi connectivity index (χ0n) is 46.8. The van der Waals surface area contributed by atoms with Crippen molar-refractivity contribution in [3.05, 3.63) is 241 Å². The number of hydrogen-bond donors (Lipinski definition) is 0. The van der Waals surface area contributed by atoms with Gasteiger partial charge in [0.2, 0.25) is 0 Å². The van der Waals surface area contributed by atoms with E-state index in [1.165, 1.54) is 59.2 Å². The molecule has 12 nitrogen and oxygen atoms in total. The second-order valence-electron chi connectivity index (χ2n) is 19.2. The Kier molecular flexibility index (Phi) is 28.3. The van der Waals surface area contributed by atoms with Crippen molar-refractivity contribution >= 4 is 11.6 Å². The Labute approximate surface area is 516 Å². The number of hydrogen-bond acceptors (Lipinski definition) is 7. The summed E-state index contributed by atoms with van der Waals surface area (Å²) >= 11 is 0. The van der Waals surface area contributed by atoms with Crippen LogP contribution in [0, 0.1) is 99.3 Å². The van der Waals surface area contributed by atoms with E-state index in [1.54, 1.807) is 61.1 Å². The van der Waals surface area contributed by atoms with Crippen LogP contribution in [0.2, 0.25) is 0 Å². The minimum atomic E-state index is -0.694. The number of aromatic nitrogens is 8. The molecule has 86 heavy (non-hydrogen) atoms. The van der Waals surface area contributed by atoms with Gasteiger partial charge in [-0.25, -0.2) is 0 Å². The molecule has 5 aromatic heterocycles. The molecule has 0 aliphatic heterocycles. The van der Waals surface area contributed by atoms with Crippen LogP contribution in [0.25, 0.3) is 39.6 Å². The third-order valence-corrected chi connectivity index (χ3v) is 10.9. The van der Waals surface area contributed by atoms with Gasteiger partial charge in [-0.3, -0.25) is 67.5 Å². The number of nitrogens with zero attached hydrogens (tertiary/aromatic N) is 8. The third-order valence-electron chi connectivity index (χ3n) is 10.9. The van der Waals surface area contributed by atoms with Crippen LogP contribution in [-0.4, -0.2) is 45.5 Å². The van der Waals surface area contributed by atoms with Gasteiger partial charge in [-0.2, -0.15) is 11.2 Å². The summed E-state index contributed by atoms with van der Waals surface area (Å²) in [5.74, 6) is -5.52. The molecule has 2 radical (unpaired) electrons. The third kappa shape index (κ3) is 22.2. The van der Waals surface area contributed by atoms with Gasteiger partial charge < -0.3 is 29.6 Å². The number of methoxy groups -OCH3 is 2. The summed E-state index contributed by atoms with van der Waals surface area (Å²) in [4.78, 5) is 31.0. The summed E-state index contributed by atoms with van der Waals surface area (Å²) in [5, 5.41) is 11.4. The van der Waals surface area contributed by atoms with E-state index in [9.17, 15) is 53.5 Å². The van der Waals surface area contributed by atoms with Crippen LogP contribution in [0.3, 0.4) is 0 Å². The molecular formula is C62H51F10Ir2N8O4-5. The van der Waals surface area contributed by atoms with Crippen LogP contribution >= 0.6 is 0 Å². The molecule has 0 bridgehead atoms. The Balaban J connectivity index is 0.000000270. The van der Waals surface area contributed by atoms with E-state index in [2.05, 4.69) is 55.6 Å². The molecule has 0 N–H and O–H groups in total. The van der Waals surface area contributed by atoms with E-state index in [4.69, 9.17) is 9.47 Å². The predicted octanol–water partition coefficient (Wildman–Crippen LogP) is 12.2. The molecule has 0 unspecified atom stereocenters. The van der Waals surface area contributed by atoms with E-state index < -0.39 is 69.0 Å². The Morgan fingerprint density at radius 1 is 0.512 bits per heavy atom. The van der Waals surface area contributed by atoms with Crippen molar-refractivity contribution in [2.24, 2.45) is 10.8 Å². The van der Waals surface area contributed by atoms with Gasteiger partial charge in [-0.1, -0.05) is 76.9 Å². The topological polar surface area (TPSA) is 132 Å². The molecule has 10 rings (SSSR count). The van der Waals surface area contributed by atoms with Crippen LogP contribution in [0.1, 0.15) is 48.0 Å². The van der Waals surface area contributed by atoms with Crippen molar-refractivity contribution in [2.45, 2.75) is 48.0 Å². The number of ether oxygens (including phenoxy) is 2. The monoisotopic (exact) mass is 1550 g/mol. The van der Waals surface area contributed by atoms with Gasteiger partial charge >= 0.3 is 0 Å². The standard InChI is InChI=1S/2C12H8F2NO.C11H20O2.3C9H5F2N2.2Ir/c2*1-16-9-4-5-15-12(7-9)10-3-2-8(13)6-11(10)14;1-10(2,3)8(12)7-9(13)11(4,5)6;3*10-7-2-3-9(8(11)6-7)13-5-1-4-12-13;;/h2*2,4-7H,1H3;7H2,1-6H3;3*1-2,4-6H;;/q2*-1;;3*-1;;. The fourth-order valence-electron chi connectivity index (χ4n) is 6.35. The van der Waals surface area contributed by atoms with Crippen LogP contribution in [0.15, 0.2) is 153 Å². The number of ketones is 2. The molecule has 0 spiro atoms. The fourth-order valence-corrected chi connectivity index (χ4v) is 6.35. The van der Waals surface area contributed by atoms with E-state index in [0.717, 1.165) is 60.7 Å². The van der Waals surface area contributed by atoms with Crippen molar-refractivity contribution in [3.8, 4) is 51.1 Å². The van der Waals surface area contributed by atoms with Crippen molar-refractivity contribution in [1.82, 2.24) is 29.9 Å². The van der Waals surface area contributed by atoms with Crippen molar-refractivity contribution in [2.75, 3.05) is 14.2 Å². The normalized spacial score (nSPS) is 10.4.